The Balaban J connectivity index is 1.72. The summed E-state index contributed by atoms with van der Waals surface area (Å²) in [5, 5.41) is 2.72. The zero-order chi connectivity index (χ0) is 22.8. The van der Waals surface area contributed by atoms with Crippen LogP contribution in [0.3, 0.4) is 0 Å². The molecule has 4 aromatic rings. The molecule has 1 atom stereocenters. The second kappa shape index (κ2) is 8.92. The Morgan fingerprint density at radius 1 is 1.03 bits per heavy atom. The minimum atomic E-state index is -1.05. The Bertz CT molecular complexity index is 1390. The van der Waals surface area contributed by atoms with E-state index in [0.29, 0.717) is 21.7 Å². The highest BCUT2D eigenvalue weighted by atomic mass is 32.2. The number of halogens is 2. The molecule has 0 fully saturated rings. The summed E-state index contributed by atoms with van der Waals surface area (Å²) in [6.07, 6.45) is 0. The van der Waals surface area contributed by atoms with E-state index in [9.17, 15) is 18.4 Å². The molecular formula is C24H19F2N3O2S. The van der Waals surface area contributed by atoms with E-state index in [-0.39, 0.29) is 11.2 Å². The second-order valence-corrected chi connectivity index (χ2v) is 8.52. The van der Waals surface area contributed by atoms with Gasteiger partial charge in [0.25, 0.3) is 5.56 Å². The number of nitrogens with one attached hydrogen (secondary N) is 1. The summed E-state index contributed by atoms with van der Waals surface area (Å²) in [7, 11) is 0. The molecule has 0 saturated carbocycles. The number of carbonyl (C=O) groups is 1. The van der Waals surface area contributed by atoms with E-state index in [0.717, 1.165) is 29.5 Å². The average molecular weight is 451 g/mol. The number of aryl methyl sites for hydroxylation is 1. The number of carbonyl (C=O) groups excluding carboxylic acids is 1. The number of benzene rings is 3. The second-order valence-electron chi connectivity index (χ2n) is 7.22. The van der Waals surface area contributed by atoms with Gasteiger partial charge in [-0.1, -0.05) is 42.1 Å². The van der Waals surface area contributed by atoms with Gasteiger partial charge < -0.3 is 5.32 Å². The lowest BCUT2D eigenvalue weighted by Gasteiger charge is -2.17. The molecule has 0 aliphatic rings. The maximum atomic E-state index is 13.5. The predicted octanol–water partition coefficient (Wildman–Crippen LogP) is 5.09. The summed E-state index contributed by atoms with van der Waals surface area (Å²) in [5.41, 5.74) is 1.99. The third kappa shape index (κ3) is 4.27. The molecule has 1 amide bonds. The zero-order valence-electron chi connectivity index (χ0n) is 17.3. The van der Waals surface area contributed by atoms with Crippen LogP contribution in [-0.2, 0) is 4.79 Å². The van der Waals surface area contributed by atoms with Crippen LogP contribution in [-0.4, -0.2) is 20.7 Å². The molecule has 32 heavy (non-hydrogen) atoms. The number of amides is 1. The number of hydrogen-bond acceptors (Lipinski definition) is 4. The number of nitrogens with zero attached hydrogens (tertiary/aromatic N) is 2. The average Bonchev–Trinajstić information content (AvgIpc) is 2.77. The fourth-order valence-corrected chi connectivity index (χ4v) is 4.17. The molecule has 1 heterocycles. The van der Waals surface area contributed by atoms with Crippen LogP contribution in [0.15, 0.2) is 76.7 Å². The molecule has 0 spiro atoms. The van der Waals surface area contributed by atoms with Gasteiger partial charge in [-0.3, -0.25) is 14.2 Å². The molecule has 0 bridgehead atoms. The molecule has 162 valence electrons. The van der Waals surface area contributed by atoms with E-state index >= 15 is 0 Å². The largest absolute Gasteiger partial charge is 0.325 e. The van der Waals surface area contributed by atoms with E-state index in [1.165, 1.54) is 10.6 Å². The Morgan fingerprint density at radius 2 is 1.75 bits per heavy atom. The number of rotatable bonds is 5. The van der Waals surface area contributed by atoms with Crippen LogP contribution in [0.5, 0.6) is 0 Å². The van der Waals surface area contributed by atoms with Crippen LogP contribution in [0.2, 0.25) is 0 Å². The monoisotopic (exact) mass is 451 g/mol. The fraction of sp³-hybridized carbons (Fsp3) is 0.125. The lowest BCUT2D eigenvalue weighted by atomic mass is 10.2. The van der Waals surface area contributed by atoms with Crippen molar-refractivity contribution in [2.24, 2.45) is 0 Å². The smallest absolute Gasteiger partial charge is 0.266 e. The highest BCUT2D eigenvalue weighted by Crippen LogP contribution is 2.27. The van der Waals surface area contributed by atoms with Gasteiger partial charge >= 0.3 is 0 Å². The summed E-state index contributed by atoms with van der Waals surface area (Å²) in [6.45, 7) is 3.55. The van der Waals surface area contributed by atoms with Gasteiger partial charge in [-0.25, -0.2) is 13.8 Å². The van der Waals surface area contributed by atoms with E-state index < -0.39 is 22.8 Å². The van der Waals surface area contributed by atoms with E-state index in [2.05, 4.69) is 10.3 Å². The van der Waals surface area contributed by atoms with Crippen molar-refractivity contribution in [3.05, 3.63) is 94.3 Å². The molecule has 0 aliphatic carbocycles. The Labute approximate surface area is 187 Å². The lowest BCUT2D eigenvalue weighted by molar-refractivity contribution is -0.115. The first-order valence-corrected chi connectivity index (χ1v) is 10.7. The summed E-state index contributed by atoms with van der Waals surface area (Å²) in [5.74, 6) is -2.47. The van der Waals surface area contributed by atoms with E-state index in [4.69, 9.17) is 0 Å². The number of para-hydroxylation sites is 2. The van der Waals surface area contributed by atoms with Crippen molar-refractivity contribution in [2.45, 2.75) is 24.3 Å². The number of fused-ring (bicyclic) bond motifs is 1. The van der Waals surface area contributed by atoms with Crippen molar-refractivity contribution >= 4 is 34.3 Å². The zero-order valence-corrected chi connectivity index (χ0v) is 18.1. The quantitative estimate of drug-likeness (QED) is 0.339. The summed E-state index contributed by atoms with van der Waals surface area (Å²) in [4.78, 5) is 30.7. The standard InChI is InChI=1S/C24H19F2N3O2S/c1-14-7-3-6-10-21(14)29-23(31)17-8-4-5-9-20(17)28-24(29)32-15(2)22(30)27-16-11-12-18(25)19(26)13-16/h3-13,15H,1-2H3,(H,27,30). The molecule has 1 unspecified atom stereocenters. The summed E-state index contributed by atoms with van der Waals surface area (Å²) >= 11 is 1.11. The number of anilines is 1. The maximum absolute atomic E-state index is 13.5. The van der Waals surface area contributed by atoms with E-state index in [1.54, 1.807) is 31.2 Å². The lowest BCUT2D eigenvalue weighted by Crippen LogP contribution is -2.26. The van der Waals surface area contributed by atoms with Crippen LogP contribution in [0, 0.1) is 18.6 Å². The third-order valence-electron chi connectivity index (χ3n) is 4.94. The molecule has 0 aliphatic heterocycles. The highest BCUT2D eigenvalue weighted by Gasteiger charge is 2.21. The first-order valence-electron chi connectivity index (χ1n) is 9.85. The highest BCUT2D eigenvalue weighted by molar-refractivity contribution is 8.00. The van der Waals surface area contributed by atoms with Crippen LogP contribution in [0.4, 0.5) is 14.5 Å². The van der Waals surface area contributed by atoms with Crippen LogP contribution in [0.1, 0.15) is 12.5 Å². The Hall–Kier alpha value is -3.52. The van der Waals surface area contributed by atoms with Crippen molar-refractivity contribution in [3.8, 4) is 5.69 Å². The molecule has 0 saturated heterocycles. The minimum Gasteiger partial charge on any atom is -0.325 e. The summed E-state index contributed by atoms with van der Waals surface area (Å²) in [6, 6.07) is 17.6. The maximum Gasteiger partial charge on any atom is 0.266 e. The van der Waals surface area contributed by atoms with Crippen LogP contribution >= 0.6 is 11.8 Å². The molecule has 3 aromatic carbocycles. The molecule has 0 radical (unpaired) electrons. The fourth-order valence-electron chi connectivity index (χ4n) is 3.25. The molecule has 5 nitrogen and oxygen atoms in total. The topological polar surface area (TPSA) is 64.0 Å². The number of hydrogen-bond donors (Lipinski definition) is 1. The molecular weight excluding hydrogens is 432 g/mol. The minimum absolute atomic E-state index is 0.143. The SMILES string of the molecule is Cc1ccccc1-n1c(SC(C)C(=O)Nc2ccc(F)c(F)c2)nc2ccccc2c1=O. The Morgan fingerprint density at radius 3 is 2.50 bits per heavy atom. The van der Waals surface area contributed by atoms with Crippen LogP contribution < -0.4 is 10.9 Å². The van der Waals surface area contributed by atoms with Crippen molar-refractivity contribution in [1.29, 1.82) is 0 Å². The Kier molecular flexibility index (Phi) is 6.05. The molecule has 4 rings (SSSR count). The third-order valence-corrected chi connectivity index (χ3v) is 5.99. The first kappa shape index (κ1) is 21.7. The van der Waals surface area contributed by atoms with Crippen molar-refractivity contribution in [1.82, 2.24) is 9.55 Å². The summed E-state index contributed by atoms with van der Waals surface area (Å²) < 4.78 is 28.1. The number of thioether (sulfide) groups is 1. The van der Waals surface area contributed by atoms with Crippen molar-refractivity contribution in [3.63, 3.8) is 0 Å². The molecule has 1 aromatic heterocycles. The van der Waals surface area contributed by atoms with Gasteiger partial charge in [-0.15, -0.1) is 0 Å². The van der Waals surface area contributed by atoms with Gasteiger partial charge in [-0.2, -0.15) is 0 Å². The first-order chi connectivity index (χ1) is 15.3. The van der Waals surface area contributed by atoms with Gasteiger partial charge in [-0.05, 0) is 49.7 Å². The van der Waals surface area contributed by atoms with E-state index in [1.807, 2.05) is 31.2 Å². The molecule has 1 N–H and O–H groups in total. The normalized spacial score (nSPS) is 12.0. The van der Waals surface area contributed by atoms with Gasteiger partial charge in [0.15, 0.2) is 16.8 Å². The van der Waals surface area contributed by atoms with Gasteiger partial charge in [0, 0.05) is 11.8 Å². The van der Waals surface area contributed by atoms with Gasteiger partial charge in [0.2, 0.25) is 5.91 Å². The van der Waals surface area contributed by atoms with Gasteiger partial charge in [0.05, 0.1) is 21.8 Å². The van der Waals surface area contributed by atoms with Crippen molar-refractivity contribution in [2.75, 3.05) is 5.32 Å². The van der Waals surface area contributed by atoms with Gasteiger partial charge in [0.1, 0.15) is 0 Å². The predicted molar refractivity (Wildman–Crippen MR) is 122 cm³/mol. The number of aromatic nitrogens is 2. The van der Waals surface area contributed by atoms with Crippen molar-refractivity contribution < 1.29 is 13.6 Å². The molecule has 8 heteroatoms. The van der Waals surface area contributed by atoms with Crippen LogP contribution in [0.25, 0.3) is 16.6 Å².